The zero-order valence-corrected chi connectivity index (χ0v) is 12.8. The van der Waals surface area contributed by atoms with Gasteiger partial charge in [-0.05, 0) is 36.7 Å². The number of anilines is 2. The zero-order chi connectivity index (χ0) is 15.5. The fourth-order valence-electron chi connectivity index (χ4n) is 3.44. The van der Waals surface area contributed by atoms with Crippen molar-refractivity contribution in [1.82, 2.24) is 4.98 Å². The van der Waals surface area contributed by atoms with Crippen LogP contribution in [0, 0.1) is 21.4 Å². The first kappa shape index (κ1) is 15.5. The summed E-state index contributed by atoms with van der Waals surface area (Å²) < 4.78 is 0. The molecule has 0 aromatic carbocycles. The highest BCUT2D eigenvalue weighted by Crippen LogP contribution is 2.43. The van der Waals surface area contributed by atoms with E-state index < -0.39 is 4.92 Å². The largest absolute Gasteiger partial charge is 0.378 e. The van der Waals surface area contributed by atoms with Crippen LogP contribution in [0.4, 0.5) is 17.3 Å². The number of hydrogen-bond acceptors (Lipinski definition) is 5. The van der Waals surface area contributed by atoms with Crippen molar-refractivity contribution in [1.29, 1.82) is 0 Å². The highest BCUT2D eigenvalue weighted by molar-refractivity contribution is 5.57. The monoisotopic (exact) mass is 292 g/mol. The van der Waals surface area contributed by atoms with Gasteiger partial charge >= 0.3 is 5.69 Å². The number of nitrogens with two attached hydrogens (primary N) is 1. The second-order valence-electron chi connectivity index (χ2n) is 6.52. The Labute approximate surface area is 125 Å². The summed E-state index contributed by atoms with van der Waals surface area (Å²) in [6.07, 6.45) is 6.23. The smallest absolute Gasteiger partial charge is 0.311 e. The summed E-state index contributed by atoms with van der Waals surface area (Å²) in [4.78, 5) is 14.3. The molecule has 0 atom stereocenters. The van der Waals surface area contributed by atoms with E-state index >= 15 is 0 Å². The van der Waals surface area contributed by atoms with Gasteiger partial charge in [-0.25, -0.2) is 4.98 Å². The molecule has 21 heavy (non-hydrogen) atoms. The first-order valence-electron chi connectivity index (χ1n) is 7.57. The summed E-state index contributed by atoms with van der Waals surface area (Å²) in [7, 11) is 0. The van der Waals surface area contributed by atoms with Gasteiger partial charge in [0.2, 0.25) is 5.82 Å². The maximum atomic E-state index is 10.7. The molecule has 6 heteroatoms. The van der Waals surface area contributed by atoms with Gasteiger partial charge in [-0.1, -0.05) is 26.7 Å². The number of nitro groups is 1. The molecule has 116 valence electrons. The molecule has 0 radical (unpaired) electrons. The minimum Gasteiger partial charge on any atom is -0.378 e. The van der Waals surface area contributed by atoms with Crippen LogP contribution in [-0.2, 0) is 0 Å². The van der Waals surface area contributed by atoms with Crippen molar-refractivity contribution >= 4 is 17.3 Å². The molecule has 0 aliphatic heterocycles. The van der Waals surface area contributed by atoms with Crippen molar-refractivity contribution in [3.8, 4) is 0 Å². The first-order chi connectivity index (χ1) is 9.92. The predicted octanol–water partition coefficient (Wildman–Crippen LogP) is 3.59. The highest BCUT2D eigenvalue weighted by atomic mass is 16.6. The standard InChI is InChI=1S/C15H24N4O2/c1-11(2)9-15(7-3-4-8-15)10-17-13-6-5-12(19(20)21)14(16)18-13/h5-6,11H,3-4,7-10H2,1-2H3,(H3,16,17,18). The molecule has 1 aliphatic carbocycles. The van der Waals surface area contributed by atoms with Crippen LogP contribution in [0.2, 0.25) is 0 Å². The van der Waals surface area contributed by atoms with E-state index in [1.165, 1.54) is 38.2 Å². The summed E-state index contributed by atoms with van der Waals surface area (Å²) in [6, 6.07) is 3.04. The lowest BCUT2D eigenvalue weighted by Gasteiger charge is -2.31. The number of rotatable bonds is 6. The molecule has 0 spiro atoms. The fraction of sp³-hybridized carbons (Fsp3) is 0.667. The molecule has 0 unspecified atom stereocenters. The molecular weight excluding hydrogens is 268 g/mol. The van der Waals surface area contributed by atoms with Gasteiger partial charge in [0.1, 0.15) is 5.82 Å². The van der Waals surface area contributed by atoms with Crippen molar-refractivity contribution in [3.05, 3.63) is 22.2 Å². The second kappa shape index (κ2) is 6.28. The van der Waals surface area contributed by atoms with E-state index in [0.29, 0.717) is 17.2 Å². The number of aromatic nitrogens is 1. The first-order valence-corrected chi connectivity index (χ1v) is 7.57. The van der Waals surface area contributed by atoms with Crippen LogP contribution in [0.15, 0.2) is 12.1 Å². The van der Waals surface area contributed by atoms with Gasteiger partial charge in [-0.15, -0.1) is 0 Å². The van der Waals surface area contributed by atoms with E-state index in [1.54, 1.807) is 6.07 Å². The third kappa shape index (κ3) is 3.83. The summed E-state index contributed by atoms with van der Waals surface area (Å²) in [5, 5.41) is 14.1. The van der Waals surface area contributed by atoms with E-state index in [9.17, 15) is 10.1 Å². The molecule has 1 aliphatic rings. The molecular formula is C15H24N4O2. The Bertz CT molecular complexity index is 510. The van der Waals surface area contributed by atoms with Gasteiger partial charge in [-0.2, -0.15) is 0 Å². The number of pyridine rings is 1. The highest BCUT2D eigenvalue weighted by Gasteiger charge is 2.34. The van der Waals surface area contributed by atoms with E-state index in [1.807, 2.05) is 0 Å². The fourth-order valence-corrected chi connectivity index (χ4v) is 3.44. The summed E-state index contributed by atoms with van der Waals surface area (Å²) in [6.45, 7) is 5.36. The number of hydrogen-bond donors (Lipinski definition) is 2. The van der Waals surface area contributed by atoms with Crippen LogP contribution < -0.4 is 11.1 Å². The molecule has 1 fully saturated rings. The van der Waals surface area contributed by atoms with Crippen LogP contribution in [0.1, 0.15) is 46.0 Å². The summed E-state index contributed by atoms with van der Waals surface area (Å²) in [5.74, 6) is 1.25. The molecule has 3 N–H and O–H groups in total. The van der Waals surface area contributed by atoms with Gasteiger partial charge in [-0.3, -0.25) is 10.1 Å². The number of nitrogens with zero attached hydrogens (tertiary/aromatic N) is 2. The zero-order valence-electron chi connectivity index (χ0n) is 12.8. The Morgan fingerprint density at radius 1 is 1.43 bits per heavy atom. The average Bonchev–Trinajstić information content (AvgIpc) is 2.84. The Kier molecular flexibility index (Phi) is 4.65. The SMILES string of the molecule is CC(C)CC1(CNc2ccc([N+](=O)[O-])c(N)n2)CCCC1. The van der Waals surface area contributed by atoms with Gasteiger partial charge in [0, 0.05) is 12.6 Å². The minimum absolute atomic E-state index is 0.0330. The normalized spacial score (nSPS) is 17.1. The Morgan fingerprint density at radius 2 is 2.10 bits per heavy atom. The lowest BCUT2D eigenvalue weighted by molar-refractivity contribution is -0.384. The van der Waals surface area contributed by atoms with Crippen LogP contribution in [0.5, 0.6) is 0 Å². The van der Waals surface area contributed by atoms with Crippen molar-refractivity contribution < 1.29 is 4.92 Å². The Morgan fingerprint density at radius 3 is 2.62 bits per heavy atom. The second-order valence-corrected chi connectivity index (χ2v) is 6.52. The number of nitrogens with one attached hydrogen (secondary N) is 1. The summed E-state index contributed by atoms with van der Waals surface area (Å²) >= 11 is 0. The van der Waals surface area contributed by atoms with Crippen molar-refractivity contribution in [2.24, 2.45) is 11.3 Å². The van der Waals surface area contributed by atoms with E-state index in [4.69, 9.17) is 5.73 Å². The molecule has 0 amide bonds. The van der Waals surface area contributed by atoms with Gasteiger partial charge in [0.25, 0.3) is 0 Å². The van der Waals surface area contributed by atoms with Crippen LogP contribution in [0.25, 0.3) is 0 Å². The predicted molar refractivity (Wildman–Crippen MR) is 84.1 cm³/mol. The van der Waals surface area contributed by atoms with Crippen LogP contribution in [0.3, 0.4) is 0 Å². The quantitative estimate of drug-likeness (QED) is 0.617. The molecule has 0 bridgehead atoms. The Balaban J connectivity index is 2.04. The minimum atomic E-state index is -0.511. The molecule has 1 aromatic rings. The molecule has 1 saturated carbocycles. The van der Waals surface area contributed by atoms with Crippen molar-refractivity contribution in [2.45, 2.75) is 46.0 Å². The van der Waals surface area contributed by atoms with E-state index in [2.05, 4.69) is 24.1 Å². The lowest BCUT2D eigenvalue weighted by Crippen LogP contribution is -2.28. The van der Waals surface area contributed by atoms with Gasteiger partial charge < -0.3 is 11.1 Å². The third-order valence-corrected chi connectivity index (χ3v) is 4.25. The van der Waals surface area contributed by atoms with Crippen molar-refractivity contribution in [3.63, 3.8) is 0 Å². The van der Waals surface area contributed by atoms with Crippen molar-refractivity contribution in [2.75, 3.05) is 17.6 Å². The molecule has 1 heterocycles. The van der Waals surface area contributed by atoms with Gasteiger partial charge in [0.15, 0.2) is 0 Å². The maximum Gasteiger partial charge on any atom is 0.311 e. The third-order valence-electron chi connectivity index (χ3n) is 4.25. The average molecular weight is 292 g/mol. The van der Waals surface area contributed by atoms with Gasteiger partial charge in [0.05, 0.1) is 4.92 Å². The Hall–Kier alpha value is -1.85. The lowest BCUT2D eigenvalue weighted by atomic mass is 9.78. The molecule has 1 aromatic heterocycles. The molecule has 2 rings (SSSR count). The molecule has 0 saturated heterocycles. The topological polar surface area (TPSA) is 94.1 Å². The van der Waals surface area contributed by atoms with E-state index in [-0.39, 0.29) is 11.5 Å². The van der Waals surface area contributed by atoms with Crippen LogP contribution >= 0.6 is 0 Å². The number of nitrogen functional groups attached to an aromatic ring is 1. The van der Waals surface area contributed by atoms with Crippen LogP contribution in [-0.4, -0.2) is 16.5 Å². The molecule has 6 nitrogen and oxygen atoms in total. The van der Waals surface area contributed by atoms with E-state index in [0.717, 1.165) is 6.54 Å². The maximum absolute atomic E-state index is 10.7. The summed E-state index contributed by atoms with van der Waals surface area (Å²) in [5.41, 5.74) is 5.81.